The van der Waals surface area contributed by atoms with Crippen molar-refractivity contribution < 1.29 is 32.6 Å². The molecular weight excluding hydrogens is 540 g/mol. The lowest BCUT2D eigenvalue weighted by atomic mass is 9.71. The van der Waals surface area contributed by atoms with E-state index in [9.17, 15) is 27.9 Å². The summed E-state index contributed by atoms with van der Waals surface area (Å²) in [5.74, 6) is -0.467. The van der Waals surface area contributed by atoms with E-state index in [-0.39, 0.29) is 19.0 Å². The number of alkyl halides is 3. The van der Waals surface area contributed by atoms with Crippen molar-refractivity contribution in [3.8, 4) is 0 Å². The normalized spacial score (nSPS) is 21.9. The zero-order valence-electron chi connectivity index (χ0n) is 18.8. The molecule has 2 atom stereocenters. The summed E-state index contributed by atoms with van der Waals surface area (Å²) in [5, 5.41) is 16.3. The molecule has 3 N–H and O–H groups in total. The average Bonchev–Trinajstić information content (AvgIpc) is 3.01. The first-order valence-corrected chi connectivity index (χ1v) is 11.4. The molecule has 1 aromatic carbocycles. The second-order valence-corrected chi connectivity index (χ2v) is 11.0. The highest BCUT2D eigenvalue weighted by atomic mass is 127. The van der Waals surface area contributed by atoms with Crippen LogP contribution in [0.2, 0.25) is 0 Å². The number of carbonyl (C=O) groups excluding carboxylic acids is 2. The smallest absolute Gasteiger partial charge is 0.416 e. The van der Waals surface area contributed by atoms with Gasteiger partial charge in [-0.1, -0.05) is 0 Å². The summed E-state index contributed by atoms with van der Waals surface area (Å²) in [7, 11) is 0. The number of hydrogen-bond donors (Lipinski definition) is 3. The van der Waals surface area contributed by atoms with Gasteiger partial charge in [0, 0.05) is 16.2 Å². The monoisotopic (exact) mass is 570 g/mol. The second kappa shape index (κ2) is 9.36. The van der Waals surface area contributed by atoms with Crippen LogP contribution in [0.25, 0.3) is 0 Å². The molecule has 2 rings (SSSR count). The second-order valence-electron chi connectivity index (χ2n) is 9.76. The Kier molecular flexibility index (Phi) is 7.81. The Morgan fingerprint density at radius 1 is 1.19 bits per heavy atom. The van der Waals surface area contributed by atoms with Gasteiger partial charge in [0.15, 0.2) is 0 Å². The number of ether oxygens (including phenoxy) is 1. The van der Waals surface area contributed by atoms with Gasteiger partial charge in [-0.3, -0.25) is 4.79 Å². The molecule has 0 aromatic heterocycles. The van der Waals surface area contributed by atoms with Crippen molar-refractivity contribution in [2.75, 3.05) is 0 Å². The first-order valence-electron chi connectivity index (χ1n) is 10.3. The van der Waals surface area contributed by atoms with Crippen LogP contribution in [0, 0.1) is 8.99 Å². The van der Waals surface area contributed by atoms with Crippen LogP contribution >= 0.6 is 22.6 Å². The van der Waals surface area contributed by atoms with Crippen molar-refractivity contribution in [1.82, 2.24) is 10.6 Å². The summed E-state index contributed by atoms with van der Waals surface area (Å²) in [5.41, 5.74) is -3.76. The van der Waals surface area contributed by atoms with Gasteiger partial charge in [0.2, 0.25) is 5.91 Å². The molecule has 1 fully saturated rings. The first kappa shape index (κ1) is 26.7. The van der Waals surface area contributed by atoms with Crippen LogP contribution in [0.15, 0.2) is 18.2 Å². The maximum absolute atomic E-state index is 13.2. The lowest BCUT2D eigenvalue weighted by Crippen LogP contribution is -2.53. The lowest BCUT2D eigenvalue weighted by molar-refractivity contribution is -0.146. The van der Waals surface area contributed by atoms with E-state index in [1.807, 2.05) is 0 Å². The molecule has 0 saturated heterocycles. The van der Waals surface area contributed by atoms with Gasteiger partial charge in [-0.15, -0.1) is 0 Å². The van der Waals surface area contributed by atoms with E-state index in [0.717, 1.165) is 12.1 Å². The van der Waals surface area contributed by atoms with Crippen molar-refractivity contribution in [2.45, 2.75) is 83.8 Å². The standard InChI is InChI=1S/C22H30F3IN2O4/c1-19(2,3)32-18(30)28-16-6-7-21(11-16,20(4,5)31)17(29)27-12-13-8-14(22(23,24)25)10-15(26)9-13/h8-10,16,31H,6-7,11-12H2,1-5H3,(H,27,29)(H,28,30)/t16-,21-/m1/s1. The van der Waals surface area contributed by atoms with E-state index in [0.29, 0.717) is 22.0 Å². The van der Waals surface area contributed by atoms with Gasteiger partial charge in [0.25, 0.3) is 0 Å². The Morgan fingerprint density at radius 2 is 1.81 bits per heavy atom. The zero-order chi connectivity index (χ0) is 24.5. The number of aliphatic hydroxyl groups is 1. The number of alkyl carbamates (subject to hydrolysis) is 1. The Balaban J connectivity index is 2.13. The molecule has 0 radical (unpaired) electrons. The van der Waals surface area contributed by atoms with E-state index in [1.54, 1.807) is 49.4 Å². The van der Waals surface area contributed by atoms with Gasteiger partial charge in [0.1, 0.15) is 5.60 Å². The minimum Gasteiger partial charge on any atom is -0.444 e. The number of halogens is 4. The summed E-state index contributed by atoms with van der Waals surface area (Å²) in [6, 6.07) is 3.22. The van der Waals surface area contributed by atoms with Gasteiger partial charge in [0.05, 0.1) is 16.6 Å². The van der Waals surface area contributed by atoms with Crippen LogP contribution in [0.3, 0.4) is 0 Å². The van der Waals surface area contributed by atoms with E-state index in [1.165, 1.54) is 13.8 Å². The fraction of sp³-hybridized carbons (Fsp3) is 0.636. The largest absolute Gasteiger partial charge is 0.444 e. The minimum absolute atomic E-state index is 0.110. The predicted octanol–water partition coefficient (Wildman–Crippen LogP) is 4.76. The highest BCUT2D eigenvalue weighted by Gasteiger charge is 2.54. The van der Waals surface area contributed by atoms with Crippen LogP contribution in [0.4, 0.5) is 18.0 Å². The van der Waals surface area contributed by atoms with E-state index < -0.39 is 40.4 Å². The average molecular weight is 570 g/mol. The van der Waals surface area contributed by atoms with E-state index in [4.69, 9.17) is 4.74 Å². The Labute approximate surface area is 199 Å². The van der Waals surface area contributed by atoms with Crippen LogP contribution in [0.1, 0.15) is 65.0 Å². The highest BCUT2D eigenvalue weighted by molar-refractivity contribution is 14.1. The van der Waals surface area contributed by atoms with Crippen LogP contribution in [0.5, 0.6) is 0 Å². The number of amides is 2. The quantitative estimate of drug-likeness (QED) is 0.446. The third-order valence-corrected chi connectivity index (χ3v) is 6.20. The summed E-state index contributed by atoms with van der Waals surface area (Å²) >= 11 is 1.80. The van der Waals surface area contributed by atoms with Crippen molar-refractivity contribution in [1.29, 1.82) is 0 Å². The predicted molar refractivity (Wildman–Crippen MR) is 122 cm³/mol. The zero-order valence-corrected chi connectivity index (χ0v) is 21.0. The molecule has 1 saturated carbocycles. The van der Waals surface area contributed by atoms with Crippen molar-refractivity contribution >= 4 is 34.6 Å². The van der Waals surface area contributed by atoms with Gasteiger partial charge in [-0.25, -0.2) is 4.79 Å². The Bertz CT molecular complexity index is 862. The van der Waals surface area contributed by atoms with E-state index >= 15 is 0 Å². The number of nitrogens with one attached hydrogen (secondary N) is 2. The first-order chi connectivity index (χ1) is 14.4. The maximum atomic E-state index is 13.2. The Morgan fingerprint density at radius 3 is 2.34 bits per heavy atom. The van der Waals surface area contributed by atoms with Crippen molar-refractivity contribution in [3.63, 3.8) is 0 Å². The molecule has 1 aliphatic carbocycles. The van der Waals surface area contributed by atoms with Gasteiger partial charge in [-0.2, -0.15) is 13.2 Å². The molecule has 1 aromatic rings. The maximum Gasteiger partial charge on any atom is 0.416 e. The number of hydrogen-bond acceptors (Lipinski definition) is 4. The fourth-order valence-corrected chi connectivity index (χ4v) is 4.69. The fourth-order valence-electron chi connectivity index (χ4n) is 3.95. The highest BCUT2D eigenvalue weighted by Crippen LogP contribution is 2.47. The van der Waals surface area contributed by atoms with E-state index in [2.05, 4.69) is 10.6 Å². The molecule has 0 spiro atoms. The van der Waals surface area contributed by atoms with Crippen LogP contribution in [-0.2, 0) is 22.3 Å². The lowest BCUT2D eigenvalue weighted by Gasteiger charge is -2.39. The topological polar surface area (TPSA) is 87.7 Å². The SMILES string of the molecule is CC(C)(C)OC(=O)N[C@@H]1CC[C@@](C(=O)NCc2cc(I)cc(C(F)(F)F)c2)(C(C)(C)O)C1. The van der Waals surface area contributed by atoms with Crippen molar-refractivity contribution in [2.24, 2.45) is 5.41 Å². The van der Waals surface area contributed by atoms with Crippen LogP contribution < -0.4 is 10.6 Å². The Hall–Kier alpha value is -1.56. The number of rotatable bonds is 5. The minimum atomic E-state index is -4.49. The molecule has 0 bridgehead atoms. The van der Waals surface area contributed by atoms with Gasteiger partial charge >= 0.3 is 12.3 Å². The molecule has 2 amide bonds. The summed E-state index contributed by atoms with van der Waals surface area (Å²) < 4.78 is 44.9. The molecule has 10 heteroatoms. The molecule has 0 heterocycles. The number of benzene rings is 1. The molecule has 6 nitrogen and oxygen atoms in total. The number of carbonyl (C=O) groups is 2. The third kappa shape index (κ3) is 6.72. The summed E-state index contributed by atoms with van der Waals surface area (Å²) in [4.78, 5) is 25.3. The molecular formula is C22H30F3IN2O4. The summed E-state index contributed by atoms with van der Waals surface area (Å²) in [6.07, 6.45) is -4.14. The molecule has 1 aliphatic rings. The third-order valence-electron chi connectivity index (χ3n) is 5.58. The van der Waals surface area contributed by atoms with Crippen molar-refractivity contribution in [3.05, 3.63) is 32.9 Å². The van der Waals surface area contributed by atoms with Crippen LogP contribution in [-0.4, -0.2) is 34.4 Å². The van der Waals surface area contributed by atoms with Gasteiger partial charge in [-0.05, 0) is 100 Å². The summed E-state index contributed by atoms with van der Waals surface area (Å²) in [6.45, 7) is 8.16. The molecule has 0 aliphatic heterocycles. The molecule has 32 heavy (non-hydrogen) atoms. The molecule has 180 valence electrons. The molecule has 0 unspecified atom stereocenters. The van der Waals surface area contributed by atoms with Gasteiger partial charge < -0.3 is 20.5 Å².